The van der Waals surface area contributed by atoms with Gasteiger partial charge in [0.1, 0.15) is 11.1 Å². The molecule has 2 aromatic carbocycles. The molecule has 4 rings (SSSR count). The number of anilines is 1. The van der Waals surface area contributed by atoms with Gasteiger partial charge in [0.05, 0.1) is 12.0 Å². The molecule has 1 amide bonds. The second-order valence-electron chi connectivity index (χ2n) is 5.90. The third-order valence-electron chi connectivity index (χ3n) is 4.11. The molecule has 0 aliphatic carbocycles. The number of benzene rings is 2. The summed E-state index contributed by atoms with van der Waals surface area (Å²) in [5, 5.41) is 3.44. The number of fused-ring (bicyclic) bond motifs is 1. The minimum Gasteiger partial charge on any atom is -0.422 e. The lowest BCUT2D eigenvalue weighted by molar-refractivity contribution is 0.102. The zero-order valence-electron chi connectivity index (χ0n) is 13.9. The molecule has 6 nitrogen and oxygen atoms in total. The van der Waals surface area contributed by atoms with Crippen molar-refractivity contribution in [1.82, 2.24) is 9.97 Å². The largest absolute Gasteiger partial charge is 0.422 e. The lowest BCUT2D eigenvalue weighted by atomic mass is 10.1. The van der Waals surface area contributed by atoms with Crippen LogP contribution in [-0.2, 0) is 0 Å². The average Bonchev–Trinajstić information content (AvgIpc) is 3.07. The molecule has 0 saturated carbocycles. The van der Waals surface area contributed by atoms with E-state index in [4.69, 9.17) is 4.42 Å². The third kappa shape index (κ3) is 2.88. The smallest absolute Gasteiger partial charge is 0.349 e. The second-order valence-corrected chi connectivity index (χ2v) is 5.90. The number of hydrogen-bond donors (Lipinski definition) is 2. The molecule has 2 heterocycles. The molecule has 0 aliphatic heterocycles. The SMILES string of the molecule is Cc1[nH]cnc1-c1cccc(NC(=O)c2cc3ccccc3oc2=O)c1. The molecule has 128 valence electrons. The molecule has 2 N–H and O–H groups in total. The molecule has 26 heavy (non-hydrogen) atoms. The molecule has 0 saturated heterocycles. The molecule has 0 atom stereocenters. The zero-order chi connectivity index (χ0) is 18.1. The number of aryl methyl sites for hydroxylation is 1. The summed E-state index contributed by atoms with van der Waals surface area (Å²) in [6.45, 7) is 1.92. The van der Waals surface area contributed by atoms with Crippen LogP contribution < -0.4 is 10.9 Å². The fourth-order valence-electron chi connectivity index (χ4n) is 2.81. The van der Waals surface area contributed by atoms with E-state index in [1.807, 2.05) is 31.2 Å². The van der Waals surface area contributed by atoms with Gasteiger partial charge in [-0.15, -0.1) is 0 Å². The Bertz CT molecular complexity index is 1170. The maximum absolute atomic E-state index is 12.6. The molecule has 0 aliphatic rings. The van der Waals surface area contributed by atoms with Crippen LogP contribution in [-0.4, -0.2) is 15.9 Å². The maximum Gasteiger partial charge on any atom is 0.349 e. The average molecular weight is 345 g/mol. The summed E-state index contributed by atoms with van der Waals surface area (Å²) in [4.78, 5) is 32.0. The lowest BCUT2D eigenvalue weighted by Gasteiger charge is -2.07. The van der Waals surface area contributed by atoms with E-state index >= 15 is 0 Å². The van der Waals surface area contributed by atoms with Crippen molar-refractivity contribution in [3.05, 3.63) is 82.6 Å². The first kappa shape index (κ1) is 15.8. The van der Waals surface area contributed by atoms with Gasteiger partial charge in [-0.05, 0) is 31.2 Å². The Morgan fingerprint density at radius 1 is 1.12 bits per heavy atom. The van der Waals surface area contributed by atoms with Crippen LogP contribution in [0.25, 0.3) is 22.2 Å². The number of imidazole rings is 1. The van der Waals surface area contributed by atoms with Crippen molar-refractivity contribution >= 4 is 22.6 Å². The Morgan fingerprint density at radius 3 is 2.77 bits per heavy atom. The van der Waals surface area contributed by atoms with E-state index in [1.165, 1.54) is 6.07 Å². The number of nitrogens with one attached hydrogen (secondary N) is 2. The van der Waals surface area contributed by atoms with E-state index in [9.17, 15) is 9.59 Å². The Morgan fingerprint density at radius 2 is 1.96 bits per heavy atom. The van der Waals surface area contributed by atoms with E-state index < -0.39 is 11.5 Å². The molecule has 0 spiro atoms. The minimum atomic E-state index is -0.666. The normalized spacial score (nSPS) is 10.8. The Balaban J connectivity index is 1.66. The standard InChI is InChI=1S/C20H15N3O3/c1-12-18(22-11-21-12)14-6-4-7-15(9-14)23-19(24)16-10-13-5-2-3-8-17(13)26-20(16)25/h2-11H,1H3,(H,21,22)(H,23,24). The number of aromatic amines is 1. The van der Waals surface area contributed by atoms with Gasteiger partial charge in [-0.3, -0.25) is 4.79 Å². The number of rotatable bonds is 3. The molecule has 4 aromatic rings. The number of para-hydroxylation sites is 1. The summed E-state index contributed by atoms with van der Waals surface area (Å²) in [5.74, 6) is -0.514. The van der Waals surface area contributed by atoms with Gasteiger partial charge in [-0.25, -0.2) is 9.78 Å². The predicted octanol–water partition coefficient (Wildman–Crippen LogP) is 3.74. The molecule has 0 fully saturated rings. The van der Waals surface area contributed by atoms with Gasteiger partial charge in [0, 0.05) is 22.3 Å². The van der Waals surface area contributed by atoms with Crippen LogP contribution in [0, 0.1) is 6.92 Å². The quantitative estimate of drug-likeness (QED) is 0.554. The van der Waals surface area contributed by atoms with Crippen LogP contribution in [0.4, 0.5) is 5.69 Å². The number of amides is 1. The highest BCUT2D eigenvalue weighted by Gasteiger charge is 2.14. The van der Waals surface area contributed by atoms with E-state index in [0.29, 0.717) is 16.7 Å². The predicted molar refractivity (Wildman–Crippen MR) is 99.2 cm³/mol. The maximum atomic E-state index is 12.6. The van der Waals surface area contributed by atoms with Gasteiger partial charge in [0.15, 0.2) is 0 Å². The topological polar surface area (TPSA) is 88.0 Å². The van der Waals surface area contributed by atoms with Crippen molar-refractivity contribution < 1.29 is 9.21 Å². The van der Waals surface area contributed by atoms with E-state index in [1.54, 1.807) is 30.6 Å². The first-order chi connectivity index (χ1) is 12.6. The highest BCUT2D eigenvalue weighted by atomic mass is 16.4. The fourth-order valence-corrected chi connectivity index (χ4v) is 2.81. The summed E-state index contributed by atoms with van der Waals surface area (Å²) in [5.41, 5.74) is 2.93. The van der Waals surface area contributed by atoms with Crippen molar-refractivity contribution in [2.75, 3.05) is 5.32 Å². The van der Waals surface area contributed by atoms with Gasteiger partial charge in [0.25, 0.3) is 5.91 Å². The number of H-pyrrole nitrogens is 1. The van der Waals surface area contributed by atoms with E-state index in [0.717, 1.165) is 17.0 Å². The summed E-state index contributed by atoms with van der Waals surface area (Å²) in [6.07, 6.45) is 1.62. The number of aromatic nitrogens is 2. The Kier molecular flexibility index (Phi) is 3.85. The summed E-state index contributed by atoms with van der Waals surface area (Å²) in [7, 11) is 0. The molecule has 2 aromatic heterocycles. The van der Waals surface area contributed by atoms with Crippen LogP contribution in [0.5, 0.6) is 0 Å². The highest BCUT2D eigenvalue weighted by Crippen LogP contribution is 2.23. The first-order valence-corrected chi connectivity index (χ1v) is 8.06. The Labute approximate surface area is 148 Å². The van der Waals surface area contributed by atoms with E-state index in [-0.39, 0.29) is 5.56 Å². The van der Waals surface area contributed by atoms with Gasteiger partial charge in [0.2, 0.25) is 0 Å². The van der Waals surface area contributed by atoms with Crippen molar-refractivity contribution in [3.63, 3.8) is 0 Å². The Hall–Kier alpha value is -3.67. The van der Waals surface area contributed by atoms with Crippen molar-refractivity contribution in [2.24, 2.45) is 0 Å². The summed E-state index contributed by atoms with van der Waals surface area (Å²) >= 11 is 0. The molecular weight excluding hydrogens is 330 g/mol. The molecule has 0 bridgehead atoms. The van der Waals surface area contributed by atoms with Crippen LogP contribution in [0.3, 0.4) is 0 Å². The number of carbonyl (C=O) groups is 1. The van der Waals surface area contributed by atoms with Crippen LogP contribution in [0.15, 0.2) is 70.1 Å². The number of nitrogens with zero attached hydrogens (tertiary/aromatic N) is 1. The van der Waals surface area contributed by atoms with Crippen molar-refractivity contribution in [2.45, 2.75) is 6.92 Å². The lowest BCUT2D eigenvalue weighted by Crippen LogP contribution is -2.20. The molecule has 0 radical (unpaired) electrons. The first-order valence-electron chi connectivity index (χ1n) is 8.06. The van der Waals surface area contributed by atoms with Crippen LogP contribution in [0.1, 0.15) is 16.1 Å². The van der Waals surface area contributed by atoms with Gasteiger partial charge in [-0.2, -0.15) is 0 Å². The van der Waals surface area contributed by atoms with Gasteiger partial charge < -0.3 is 14.7 Å². The van der Waals surface area contributed by atoms with Crippen molar-refractivity contribution in [1.29, 1.82) is 0 Å². The molecular formula is C20H15N3O3. The molecule has 0 unspecified atom stereocenters. The second kappa shape index (κ2) is 6.33. The van der Waals surface area contributed by atoms with Gasteiger partial charge >= 0.3 is 5.63 Å². The number of carbonyl (C=O) groups excluding carboxylic acids is 1. The zero-order valence-corrected chi connectivity index (χ0v) is 13.9. The summed E-state index contributed by atoms with van der Waals surface area (Å²) in [6, 6.07) is 15.9. The van der Waals surface area contributed by atoms with Gasteiger partial charge in [-0.1, -0.05) is 30.3 Å². The molecule has 6 heteroatoms. The van der Waals surface area contributed by atoms with Crippen LogP contribution >= 0.6 is 0 Å². The summed E-state index contributed by atoms with van der Waals surface area (Å²) < 4.78 is 5.22. The van der Waals surface area contributed by atoms with Crippen LogP contribution in [0.2, 0.25) is 0 Å². The monoisotopic (exact) mass is 345 g/mol. The van der Waals surface area contributed by atoms with Crippen molar-refractivity contribution in [3.8, 4) is 11.3 Å². The highest BCUT2D eigenvalue weighted by molar-refractivity contribution is 6.05. The fraction of sp³-hybridized carbons (Fsp3) is 0.0500. The number of hydrogen-bond acceptors (Lipinski definition) is 4. The third-order valence-corrected chi connectivity index (χ3v) is 4.11. The minimum absolute atomic E-state index is 0.0370. The van der Waals surface area contributed by atoms with E-state index in [2.05, 4.69) is 15.3 Å².